The van der Waals surface area contributed by atoms with E-state index in [4.69, 9.17) is 0 Å². The number of carbonyl (C=O) groups excluding carboxylic acids is 2. The Bertz CT molecular complexity index is 679. The van der Waals surface area contributed by atoms with Gasteiger partial charge in [0.1, 0.15) is 0 Å². The molecule has 1 atom stereocenters. The van der Waals surface area contributed by atoms with E-state index in [1.54, 1.807) is 6.92 Å². The molecule has 1 aromatic carbocycles. The Kier molecular flexibility index (Phi) is 4.62. The summed E-state index contributed by atoms with van der Waals surface area (Å²) in [6, 6.07) is 7.70. The molecule has 3 rings (SSSR count). The van der Waals surface area contributed by atoms with Crippen LogP contribution in [0.3, 0.4) is 0 Å². The molecular weight excluding hydrogens is 316 g/mol. The van der Waals surface area contributed by atoms with Crippen LogP contribution < -0.4 is 0 Å². The largest absolute Gasteiger partial charge is 0.394 e. The first-order valence-corrected chi connectivity index (χ1v) is 9.04. The van der Waals surface area contributed by atoms with Gasteiger partial charge in [-0.05, 0) is 50.2 Å². The SMILES string of the molecule is CC(=O)N1CC2(CCN(C(=O)c3ccccc3C)CC2)C[C@@]1(C)CO. The molecule has 5 nitrogen and oxygen atoms in total. The van der Waals surface area contributed by atoms with Gasteiger partial charge in [-0.25, -0.2) is 0 Å². The second kappa shape index (κ2) is 6.45. The second-order valence-electron chi connectivity index (χ2n) is 8.04. The highest BCUT2D eigenvalue weighted by atomic mass is 16.3. The summed E-state index contributed by atoms with van der Waals surface area (Å²) in [6.45, 7) is 7.59. The third kappa shape index (κ3) is 3.17. The summed E-state index contributed by atoms with van der Waals surface area (Å²) in [6.07, 6.45) is 2.57. The zero-order chi connectivity index (χ0) is 18.2. The van der Waals surface area contributed by atoms with E-state index in [1.807, 2.05) is 47.9 Å². The monoisotopic (exact) mass is 344 g/mol. The predicted octanol–water partition coefficient (Wildman–Crippen LogP) is 2.22. The van der Waals surface area contributed by atoms with E-state index in [0.29, 0.717) is 19.6 Å². The molecule has 1 aromatic rings. The minimum absolute atomic E-state index is 0.0137. The van der Waals surface area contributed by atoms with Gasteiger partial charge >= 0.3 is 0 Å². The van der Waals surface area contributed by atoms with Crippen molar-refractivity contribution in [2.45, 2.75) is 45.6 Å². The highest BCUT2D eigenvalue weighted by Crippen LogP contribution is 2.48. The van der Waals surface area contributed by atoms with Crippen molar-refractivity contribution in [2.24, 2.45) is 5.41 Å². The molecule has 0 aliphatic carbocycles. The summed E-state index contributed by atoms with van der Waals surface area (Å²) < 4.78 is 0. The van der Waals surface area contributed by atoms with Crippen LogP contribution in [0.25, 0.3) is 0 Å². The van der Waals surface area contributed by atoms with E-state index in [-0.39, 0.29) is 23.8 Å². The van der Waals surface area contributed by atoms with Crippen molar-refractivity contribution in [1.82, 2.24) is 9.80 Å². The zero-order valence-corrected chi connectivity index (χ0v) is 15.4. The fourth-order valence-electron chi connectivity index (χ4n) is 4.62. The van der Waals surface area contributed by atoms with Crippen LogP contribution in [-0.2, 0) is 4.79 Å². The van der Waals surface area contributed by atoms with E-state index in [9.17, 15) is 14.7 Å². The first-order chi connectivity index (χ1) is 11.8. The normalized spacial score (nSPS) is 25.4. The van der Waals surface area contributed by atoms with Crippen LogP contribution in [0.15, 0.2) is 24.3 Å². The molecule has 0 bridgehead atoms. The topological polar surface area (TPSA) is 60.9 Å². The Hall–Kier alpha value is -1.88. The average molecular weight is 344 g/mol. The summed E-state index contributed by atoms with van der Waals surface area (Å²) in [5.41, 5.74) is 1.32. The Labute approximate surface area is 149 Å². The fraction of sp³-hybridized carbons (Fsp3) is 0.600. The number of likely N-dealkylation sites (tertiary alicyclic amines) is 2. The van der Waals surface area contributed by atoms with Gasteiger partial charge in [0, 0.05) is 32.1 Å². The van der Waals surface area contributed by atoms with Gasteiger partial charge in [0.25, 0.3) is 5.91 Å². The van der Waals surface area contributed by atoms with Gasteiger partial charge in [0.15, 0.2) is 0 Å². The van der Waals surface area contributed by atoms with Gasteiger partial charge in [0.2, 0.25) is 5.91 Å². The summed E-state index contributed by atoms with van der Waals surface area (Å²) in [7, 11) is 0. The Morgan fingerprint density at radius 3 is 2.36 bits per heavy atom. The number of hydrogen-bond donors (Lipinski definition) is 1. The van der Waals surface area contributed by atoms with Crippen LogP contribution in [0.4, 0.5) is 0 Å². The number of amides is 2. The predicted molar refractivity (Wildman–Crippen MR) is 96.2 cm³/mol. The van der Waals surface area contributed by atoms with Crippen LogP contribution in [0.5, 0.6) is 0 Å². The van der Waals surface area contributed by atoms with E-state index in [0.717, 1.165) is 30.4 Å². The van der Waals surface area contributed by atoms with Crippen LogP contribution in [0, 0.1) is 12.3 Å². The van der Waals surface area contributed by atoms with E-state index < -0.39 is 5.54 Å². The Balaban J connectivity index is 1.71. The van der Waals surface area contributed by atoms with Crippen molar-refractivity contribution in [2.75, 3.05) is 26.2 Å². The minimum atomic E-state index is -0.478. The van der Waals surface area contributed by atoms with Crippen LogP contribution in [0.2, 0.25) is 0 Å². The van der Waals surface area contributed by atoms with Gasteiger partial charge in [-0.3, -0.25) is 9.59 Å². The third-order valence-corrected chi connectivity index (χ3v) is 6.11. The van der Waals surface area contributed by atoms with Crippen LogP contribution in [-0.4, -0.2) is 58.5 Å². The Morgan fingerprint density at radius 1 is 1.20 bits per heavy atom. The van der Waals surface area contributed by atoms with Crippen molar-refractivity contribution in [3.8, 4) is 0 Å². The van der Waals surface area contributed by atoms with E-state index in [1.165, 1.54) is 0 Å². The summed E-state index contributed by atoms with van der Waals surface area (Å²) in [4.78, 5) is 28.5. The molecule has 0 radical (unpaired) electrons. The summed E-state index contributed by atoms with van der Waals surface area (Å²) in [5.74, 6) is 0.117. The van der Waals surface area contributed by atoms with Gasteiger partial charge in [-0.15, -0.1) is 0 Å². The molecule has 0 saturated carbocycles. The van der Waals surface area contributed by atoms with Crippen molar-refractivity contribution < 1.29 is 14.7 Å². The van der Waals surface area contributed by atoms with Crippen LogP contribution >= 0.6 is 0 Å². The number of benzene rings is 1. The Morgan fingerprint density at radius 2 is 1.84 bits per heavy atom. The molecule has 136 valence electrons. The number of hydrogen-bond acceptors (Lipinski definition) is 3. The molecule has 2 aliphatic rings. The second-order valence-corrected chi connectivity index (χ2v) is 8.04. The van der Waals surface area contributed by atoms with E-state index >= 15 is 0 Å². The lowest BCUT2D eigenvalue weighted by molar-refractivity contribution is -0.134. The molecule has 25 heavy (non-hydrogen) atoms. The lowest BCUT2D eigenvalue weighted by Gasteiger charge is -2.39. The number of aryl methyl sites for hydroxylation is 1. The summed E-state index contributed by atoms with van der Waals surface area (Å²) in [5, 5.41) is 9.82. The molecule has 1 N–H and O–H groups in total. The third-order valence-electron chi connectivity index (χ3n) is 6.11. The molecule has 5 heteroatoms. The number of aliphatic hydroxyl groups is 1. The van der Waals surface area contributed by atoms with Gasteiger partial charge in [-0.2, -0.15) is 0 Å². The maximum Gasteiger partial charge on any atom is 0.254 e. The van der Waals surface area contributed by atoms with Gasteiger partial charge in [0.05, 0.1) is 12.1 Å². The number of carbonyl (C=O) groups is 2. The standard InChI is InChI=1S/C20H28N2O3/c1-15-6-4-5-7-17(15)18(25)21-10-8-20(9-11-21)12-19(3,14-23)22(13-20)16(2)24/h4-7,23H,8-14H2,1-3H3/t19-/m0/s1. The number of nitrogens with zero attached hydrogens (tertiary/aromatic N) is 2. The lowest BCUT2D eigenvalue weighted by atomic mass is 9.74. The maximum atomic E-state index is 12.8. The van der Waals surface area contributed by atoms with Gasteiger partial charge in [-0.1, -0.05) is 18.2 Å². The van der Waals surface area contributed by atoms with Crippen molar-refractivity contribution in [3.05, 3.63) is 35.4 Å². The molecular formula is C20H28N2O3. The van der Waals surface area contributed by atoms with Crippen molar-refractivity contribution in [3.63, 3.8) is 0 Å². The molecule has 2 aliphatic heterocycles. The zero-order valence-electron chi connectivity index (χ0n) is 15.4. The number of aliphatic hydroxyl groups excluding tert-OH is 1. The smallest absolute Gasteiger partial charge is 0.254 e. The number of piperidine rings is 1. The number of rotatable bonds is 2. The molecule has 2 fully saturated rings. The van der Waals surface area contributed by atoms with Crippen molar-refractivity contribution >= 4 is 11.8 Å². The van der Waals surface area contributed by atoms with E-state index in [2.05, 4.69) is 0 Å². The minimum Gasteiger partial charge on any atom is -0.394 e. The first-order valence-electron chi connectivity index (χ1n) is 9.04. The molecule has 0 unspecified atom stereocenters. The average Bonchev–Trinajstić information content (AvgIpc) is 2.89. The highest BCUT2D eigenvalue weighted by Gasteiger charge is 2.52. The molecule has 2 amide bonds. The lowest BCUT2D eigenvalue weighted by Crippen LogP contribution is -2.46. The molecule has 2 heterocycles. The first kappa shape index (κ1) is 17.9. The maximum absolute atomic E-state index is 12.8. The van der Waals surface area contributed by atoms with Gasteiger partial charge < -0.3 is 14.9 Å². The molecule has 2 saturated heterocycles. The molecule has 0 aromatic heterocycles. The van der Waals surface area contributed by atoms with Crippen molar-refractivity contribution in [1.29, 1.82) is 0 Å². The quantitative estimate of drug-likeness (QED) is 0.895. The molecule has 1 spiro atoms. The highest BCUT2D eigenvalue weighted by molar-refractivity contribution is 5.95. The summed E-state index contributed by atoms with van der Waals surface area (Å²) >= 11 is 0. The van der Waals surface area contributed by atoms with Crippen LogP contribution in [0.1, 0.15) is 49.0 Å². The fourth-order valence-corrected chi connectivity index (χ4v) is 4.62.